The van der Waals surface area contributed by atoms with Crippen molar-refractivity contribution in [1.82, 2.24) is 15.0 Å². The summed E-state index contributed by atoms with van der Waals surface area (Å²) in [5, 5.41) is 2.45. The first-order chi connectivity index (χ1) is 13.2. The van der Waals surface area contributed by atoms with E-state index in [-0.39, 0.29) is 5.28 Å². The fraction of sp³-hybridized carbons (Fsp3) is 0.0455. The zero-order valence-corrected chi connectivity index (χ0v) is 15.2. The van der Waals surface area contributed by atoms with Crippen molar-refractivity contribution in [3.63, 3.8) is 0 Å². The zero-order chi connectivity index (χ0) is 18.4. The number of fused-ring (bicyclic) bond motifs is 3. The fourth-order valence-electron chi connectivity index (χ4n) is 3.39. The highest BCUT2D eigenvalue weighted by molar-refractivity contribution is 6.28. The number of hydrogen-bond donors (Lipinski definition) is 0. The van der Waals surface area contributed by atoms with Crippen molar-refractivity contribution in [3.8, 4) is 22.5 Å². The molecular weight excluding hydrogens is 358 g/mol. The lowest BCUT2D eigenvalue weighted by atomic mass is 9.98. The minimum Gasteiger partial charge on any atom is -0.456 e. The van der Waals surface area contributed by atoms with Crippen molar-refractivity contribution in [2.75, 3.05) is 0 Å². The van der Waals surface area contributed by atoms with Crippen LogP contribution in [0.25, 0.3) is 44.5 Å². The van der Waals surface area contributed by atoms with Gasteiger partial charge >= 0.3 is 0 Å². The van der Waals surface area contributed by atoms with Crippen LogP contribution in [0.4, 0.5) is 0 Å². The molecule has 0 fully saturated rings. The summed E-state index contributed by atoms with van der Waals surface area (Å²) >= 11 is 5.96. The lowest BCUT2D eigenvalue weighted by molar-refractivity contribution is 0.669. The topological polar surface area (TPSA) is 51.8 Å². The molecule has 0 aliphatic rings. The molecule has 5 aromatic rings. The third-order valence-corrected chi connectivity index (χ3v) is 4.75. The molecule has 5 rings (SSSR count). The summed E-state index contributed by atoms with van der Waals surface area (Å²) in [6.07, 6.45) is 0. The van der Waals surface area contributed by atoms with Crippen molar-refractivity contribution in [1.29, 1.82) is 0 Å². The number of para-hydroxylation sites is 1. The average molecular weight is 372 g/mol. The molecule has 0 aliphatic heterocycles. The van der Waals surface area contributed by atoms with Gasteiger partial charge in [-0.2, -0.15) is 4.98 Å². The van der Waals surface area contributed by atoms with Gasteiger partial charge in [0.05, 0.1) is 0 Å². The molecule has 3 aromatic carbocycles. The van der Waals surface area contributed by atoms with Crippen molar-refractivity contribution in [3.05, 3.63) is 77.8 Å². The predicted molar refractivity (Wildman–Crippen MR) is 108 cm³/mol. The van der Waals surface area contributed by atoms with Crippen LogP contribution in [-0.2, 0) is 0 Å². The Morgan fingerprint density at radius 3 is 2.30 bits per heavy atom. The van der Waals surface area contributed by atoms with E-state index in [0.29, 0.717) is 11.6 Å². The van der Waals surface area contributed by atoms with E-state index in [1.807, 2.05) is 42.5 Å². The van der Waals surface area contributed by atoms with E-state index in [1.165, 1.54) is 0 Å². The van der Waals surface area contributed by atoms with Gasteiger partial charge in [-0.15, -0.1) is 0 Å². The molecule has 0 radical (unpaired) electrons. The maximum absolute atomic E-state index is 5.99. The molecule has 0 saturated heterocycles. The van der Waals surface area contributed by atoms with Gasteiger partial charge in [0, 0.05) is 16.3 Å². The standard InChI is InChI=1S/C22H14ClN3O/c1-13-24-21(26-22(23)25-13)15-11-9-14(10-12-15)16-6-4-8-19-20(16)17-5-2-3-7-18(17)27-19/h2-12H,1H3. The molecular formula is C22H14ClN3O. The molecule has 4 nitrogen and oxygen atoms in total. The molecule has 0 unspecified atom stereocenters. The van der Waals surface area contributed by atoms with Gasteiger partial charge in [-0.25, -0.2) is 9.97 Å². The third kappa shape index (κ3) is 2.75. The number of aryl methyl sites for hydroxylation is 1. The summed E-state index contributed by atoms with van der Waals surface area (Å²) in [5.74, 6) is 1.18. The Morgan fingerprint density at radius 2 is 1.48 bits per heavy atom. The number of furan rings is 1. The second-order valence-corrected chi connectivity index (χ2v) is 6.67. The van der Waals surface area contributed by atoms with Crippen LogP contribution in [-0.4, -0.2) is 15.0 Å². The van der Waals surface area contributed by atoms with Gasteiger partial charge in [0.1, 0.15) is 17.0 Å². The van der Waals surface area contributed by atoms with Crippen molar-refractivity contribution in [2.24, 2.45) is 0 Å². The fourth-order valence-corrected chi connectivity index (χ4v) is 3.59. The van der Waals surface area contributed by atoms with E-state index in [1.54, 1.807) is 6.92 Å². The lowest BCUT2D eigenvalue weighted by Crippen LogP contribution is -1.96. The van der Waals surface area contributed by atoms with Crippen LogP contribution in [0.5, 0.6) is 0 Å². The number of rotatable bonds is 2. The zero-order valence-electron chi connectivity index (χ0n) is 14.5. The summed E-state index contributed by atoms with van der Waals surface area (Å²) in [5.41, 5.74) is 4.92. The molecule has 5 heteroatoms. The Kier molecular flexibility index (Phi) is 3.66. The normalized spacial score (nSPS) is 11.3. The Morgan fingerprint density at radius 1 is 0.741 bits per heavy atom. The summed E-state index contributed by atoms with van der Waals surface area (Å²) in [6.45, 7) is 1.80. The molecule has 2 aromatic heterocycles. The Labute approximate surface area is 160 Å². The van der Waals surface area contributed by atoms with Crippen LogP contribution >= 0.6 is 11.6 Å². The molecule has 0 aliphatic carbocycles. The van der Waals surface area contributed by atoms with Gasteiger partial charge < -0.3 is 4.42 Å². The van der Waals surface area contributed by atoms with Gasteiger partial charge in [0.2, 0.25) is 5.28 Å². The van der Waals surface area contributed by atoms with Crippen LogP contribution in [0, 0.1) is 6.92 Å². The first-order valence-corrected chi connectivity index (χ1v) is 8.96. The van der Waals surface area contributed by atoms with E-state index >= 15 is 0 Å². The summed E-state index contributed by atoms with van der Waals surface area (Å²) in [6, 6.07) is 22.4. The van der Waals surface area contributed by atoms with Crippen molar-refractivity contribution in [2.45, 2.75) is 6.92 Å². The monoisotopic (exact) mass is 371 g/mol. The number of hydrogen-bond acceptors (Lipinski definition) is 4. The molecule has 0 amide bonds. The molecule has 2 heterocycles. The molecule has 0 spiro atoms. The first kappa shape index (κ1) is 16.0. The Hall–Kier alpha value is -3.24. The van der Waals surface area contributed by atoms with E-state index in [2.05, 4.69) is 39.2 Å². The predicted octanol–water partition coefficient (Wildman–Crippen LogP) is 6.07. The number of benzene rings is 3. The highest BCUT2D eigenvalue weighted by Gasteiger charge is 2.12. The molecule has 0 saturated carbocycles. The van der Waals surface area contributed by atoms with Gasteiger partial charge in [-0.3, -0.25) is 0 Å². The highest BCUT2D eigenvalue weighted by atomic mass is 35.5. The summed E-state index contributed by atoms with van der Waals surface area (Å²) < 4.78 is 5.99. The van der Waals surface area contributed by atoms with Gasteiger partial charge in [-0.05, 0) is 41.8 Å². The largest absolute Gasteiger partial charge is 0.456 e. The molecule has 130 valence electrons. The third-order valence-electron chi connectivity index (χ3n) is 4.58. The molecule has 0 bridgehead atoms. The van der Waals surface area contributed by atoms with Crippen LogP contribution in [0.1, 0.15) is 5.82 Å². The van der Waals surface area contributed by atoms with E-state index in [4.69, 9.17) is 16.0 Å². The van der Waals surface area contributed by atoms with Gasteiger partial charge in [0.15, 0.2) is 5.82 Å². The van der Waals surface area contributed by atoms with E-state index in [9.17, 15) is 0 Å². The second-order valence-electron chi connectivity index (χ2n) is 6.33. The SMILES string of the molecule is Cc1nc(Cl)nc(-c2ccc(-c3cccc4oc5ccccc5c34)cc2)n1. The van der Waals surface area contributed by atoms with Crippen molar-refractivity contribution < 1.29 is 4.42 Å². The maximum Gasteiger partial charge on any atom is 0.226 e. The van der Waals surface area contributed by atoms with Gasteiger partial charge in [-0.1, -0.05) is 54.6 Å². The number of nitrogens with zero attached hydrogens (tertiary/aromatic N) is 3. The van der Waals surface area contributed by atoms with Crippen LogP contribution in [0.3, 0.4) is 0 Å². The maximum atomic E-state index is 5.99. The molecule has 0 atom stereocenters. The average Bonchev–Trinajstić information content (AvgIpc) is 3.06. The van der Waals surface area contributed by atoms with Crippen LogP contribution in [0.2, 0.25) is 5.28 Å². The Balaban J connectivity index is 1.65. The lowest BCUT2D eigenvalue weighted by Gasteiger charge is -2.06. The van der Waals surface area contributed by atoms with Gasteiger partial charge in [0.25, 0.3) is 0 Å². The smallest absolute Gasteiger partial charge is 0.226 e. The second kappa shape index (κ2) is 6.18. The van der Waals surface area contributed by atoms with E-state index in [0.717, 1.165) is 38.6 Å². The Bertz CT molecular complexity index is 1270. The van der Waals surface area contributed by atoms with E-state index < -0.39 is 0 Å². The van der Waals surface area contributed by atoms with Crippen molar-refractivity contribution >= 4 is 33.5 Å². The minimum atomic E-state index is 0.205. The highest BCUT2D eigenvalue weighted by Crippen LogP contribution is 2.36. The van der Waals surface area contributed by atoms with Crippen LogP contribution < -0.4 is 0 Å². The number of aromatic nitrogens is 3. The summed E-state index contributed by atoms with van der Waals surface area (Å²) in [4.78, 5) is 12.6. The molecule has 27 heavy (non-hydrogen) atoms. The van der Waals surface area contributed by atoms with Crippen LogP contribution in [0.15, 0.2) is 71.1 Å². The molecule has 0 N–H and O–H groups in total. The first-order valence-electron chi connectivity index (χ1n) is 8.58. The summed E-state index contributed by atoms with van der Waals surface area (Å²) in [7, 11) is 0. The number of halogens is 1. The quantitative estimate of drug-likeness (QED) is 0.378. The minimum absolute atomic E-state index is 0.205.